The van der Waals surface area contributed by atoms with Gasteiger partial charge in [0.1, 0.15) is 0 Å². The van der Waals surface area contributed by atoms with Crippen LogP contribution in [0.2, 0.25) is 0 Å². The molecule has 0 atom stereocenters. The van der Waals surface area contributed by atoms with Crippen LogP contribution in [-0.4, -0.2) is 17.6 Å². The van der Waals surface area contributed by atoms with Crippen LogP contribution in [0.15, 0.2) is 12.3 Å². The summed E-state index contributed by atoms with van der Waals surface area (Å²) < 4.78 is 0. The Bertz CT molecular complexity index is 331. The van der Waals surface area contributed by atoms with Crippen molar-refractivity contribution in [3.05, 3.63) is 23.5 Å². The second kappa shape index (κ2) is 3.60. The van der Waals surface area contributed by atoms with Gasteiger partial charge in [0.2, 0.25) is 0 Å². The molecule has 0 aromatic carbocycles. The van der Waals surface area contributed by atoms with Gasteiger partial charge in [-0.15, -0.1) is 0 Å². The second-order valence-electron chi connectivity index (χ2n) is 4.20. The van der Waals surface area contributed by atoms with Crippen molar-refractivity contribution in [3.8, 4) is 0 Å². The van der Waals surface area contributed by atoms with E-state index in [1.165, 1.54) is 16.9 Å². The van der Waals surface area contributed by atoms with E-state index in [1.807, 2.05) is 6.20 Å². The first kappa shape index (κ1) is 9.50. The van der Waals surface area contributed by atoms with Crippen LogP contribution in [-0.2, 0) is 12.8 Å². The first-order valence-electron chi connectivity index (χ1n) is 5.46. The Morgan fingerprint density at radius 3 is 2.93 bits per heavy atom. The molecule has 0 spiro atoms. The highest BCUT2D eigenvalue weighted by Crippen LogP contribution is 2.28. The van der Waals surface area contributed by atoms with Crippen molar-refractivity contribution in [2.45, 2.75) is 39.7 Å². The largest absolute Gasteiger partial charge is 0.367 e. The zero-order valence-corrected chi connectivity index (χ0v) is 9.25. The molecule has 0 aliphatic carbocycles. The predicted molar refractivity (Wildman–Crippen MR) is 59.8 cm³/mol. The number of rotatable bonds is 2. The Morgan fingerprint density at radius 2 is 2.29 bits per heavy atom. The molecule has 76 valence electrons. The van der Waals surface area contributed by atoms with Crippen molar-refractivity contribution in [3.63, 3.8) is 0 Å². The third-order valence-electron chi connectivity index (χ3n) is 2.93. The lowest BCUT2D eigenvalue weighted by Gasteiger charge is -2.23. The normalized spacial score (nSPS) is 15.0. The number of fused-ring (bicyclic) bond motifs is 1. The monoisotopic (exact) mass is 190 g/mol. The summed E-state index contributed by atoms with van der Waals surface area (Å²) >= 11 is 0. The van der Waals surface area contributed by atoms with E-state index in [-0.39, 0.29) is 0 Å². The van der Waals surface area contributed by atoms with Gasteiger partial charge in [0.05, 0.1) is 11.4 Å². The molecule has 0 radical (unpaired) electrons. The first-order valence-corrected chi connectivity index (χ1v) is 5.46. The molecule has 0 amide bonds. The Kier molecular flexibility index (Phi) is 2.44. The van der Waals surface area contributed by atoms with E-state index < -0.39 is 0 Å². The van der Waals surface area contributed by atoms with Crippen molar-refractivity contribution >= 4 is 5.69 Å². The third-order valence-corrected chi connectivity index (χ3v) is 2.93. The van der Waals surface area contributed by atoms with Gasteiger partial charge >= 0.3 is 0 Å². The average molecular weight is 190 g/mol. The standard InChI is InChI=1S/C12H18N2/c1-4-10-7-12-11(13-8-10)5-6-14(12)9(2)3/h7-9H,4-6H2,1-3H3. The number of aryl methyl sites for hydroxylation is 1. The third kappa shape index (κ3) is 1.49. The van der Waals surface area contributed by atoms with E-state index in [0.717, 1.165) is 19.4 Å². The summed E-state index contributed by atoms with van der Waals surface area (Å²) in [6.45, 7) is 7.80. The van der Waals surface area contributed by atoms with E-state index in [9.17, 15) is 0 Å². The van der Waals surface area contributed by atoms with Gasteiger partial charge in [-0.2, -0.15) is 0 Å². The van der Waals surface area contributed by atoms with Crippen molar-refractivity contribution in [2.24, 2.45) is 0 Å². The highest BCUT2D eigenvalue weighted by molar-refractivity contribution is 5.56. The van der Waals surface area contributed by atoms with Crippen molar-refractivity contribution in [1.82, 2.24) is 4.98 Å². The highest BCUT2D eigenvalue weighted by atomic mass is 15.2. The summed E-state index contributed by atoms with van der Waals surface area (Å²) in [5.74, 6) is 0. The fraction of sp³-hybridized carbons (Fsp3) is 0.583. The molecule has 1 aliphatic rings. The van der Waals surface area contributed by atoms with Gasteiger partial charge in [0.25, 0.3) is 0 Å². The Balaban J connectivity index is 2.37. The highest BCUT2D eigenvalue weighted by Gasteiger charge is 2.22. The smallest absolute Gasteiger partial charge is 0.0654 e. The van der Waals surface area contributed by atoms with Crippen LogP contribution in [0.1, 0.15) is 32.0 Å². The number of pyridine rings is 1. The van der Waals surface area contributed by atoms with E-state index >= 15 is 0 Å². The molecular formula is C12H18N2. The Hall–Kier alpha value is -1.05. The van der Waals surface area contributed by atoms with Gasteiger partial charge in [-0.1, -0.05) is 6.92 Å². The summed E-state index contributed by atoms with van der Waals surface area (Å²) in [4.78, 5) is 6.97. The lowest BCUT2D eigenvalue weighted by Crippen LogP contribution is -2.28. The minimum atomic E-state index is 0.588. The summed E-state index contributed by atoms with van der Waals surface area (Å²) in [6, 6.07) is 2.89. The van der Waals surface area contributed by atoms with Crippen molar-refractivity contribution in [2.75, 3.05) is 11.4 Å². The van der Waals surface area contributed by atoms with Crippen LogP contribution in [0, 0.1) is 0 Å². The van der Waals surface area contributed by atoms with Gasteiger partial charge in [0.15, 0.2) is 0 Å². The predicted octanol–water partition coefficient (Wildman–Crippen LogP) is 2.41. The molecule has 1 aromatic heterocycles. The zero-order valence-electron chi connectivity index (χ0n) is 9.25. The number of anilines is 1. The lowest BCUT2D eigenvalue weighted by atomic mass is 10.2. The lowest BCUT2D eigenvalue weighted by molar-refractivity contribution is 0.709. The molecule has 2 heterocycles. The van der Waals surface area contributed by atoms with Crippen LogP contribution in [0.4, 0.5) is 5.69 Å². The molecule has 0 fully saturated rings. The maximum Gasteiger partial charge on any atom is 0.0654 e. The van der Waals surface area contributed by atoms with E-state index in [0.29, 0.717) is 6.04 Å². The Morgan fingerprint density at radius 1 is 1.50 bits per heavy atom. The van der Waals surface area contributed by atoms with E-state index in [4.69, 9.17) is 0 Å². The van der Waals surface area contributed by atoms with Gasteiger partial charge in [-0.25, -0.2) is 0 Å². The Labute approximate surface area is 86.0 Å². The van der Waals surface area contributed by atoms with E-state index in [1.54, 1.807) is 0 Å². The SMILES string of the molecule is CCc1cnc2c(c1)N(C(C)C)CC2. The molecule has 1 aromatic rings. The molecule has 2 rings (SSSR count). The molecular weight excluding hydrogens is 172 g/mol. The maximum atomic E-state index is 4.52. The van der Waals surface area contributed by atoms with Crippen LogP contribution in [0.25, 0.3) is 0 Å². The van der Waals surface area contributed by atoms with Crippen LogP contribution in [0.3, 0.4) is 0 Å². The molecule has 0 saturated carbocycles. The minimum Gasteiger partial charge on any atom is -0.367 e. The number of hydrogen-bond acceptors (Lipinski definition) is 2. The minimum absolute atomic E-state index is 0.588. The molecule has 2 nitrogen and oxygen atoms in total. The molecule has 2 heteroatoms. The van der Waals surface area contributed by atoms with Gasteiger partial charge in [-0.3, -0.25) is 4.98 Å². The molecule has 14 heavy (non-hydrogen) atoms. The maximum absolute atomic E-state index is 4.52. The summed E-state index contributed by atoms with van der Waals surface area (Å²) in [7, 11) is 0. The number of aromatic nitrogens is 1. The topological polar surface area (TPSA) is 16.1 Å². The summed E-state index contributed by atoms with van der Waals surface area (Å²) in [5, 5.41) is 0. The van der Waals surface area contributed by atoms with Crippen LogP contribution < -0.4 is 4.90 Å². The quantitative estimate of drug-likeness (QED) is 0.712. The van der Waals surface area contributed by atoms with Crippen molar-refractivity contribution in [1.29, 1.82) is 0 Å². The number of hydrogen-bond donors (Lipinski definition) is 0. The zero-order chi connectivity index (χ0) is 10.1. The molecule has 0 bridgehead atoms. The van der Waals surface area contributed by atoms with Crippen LogP contribution in [0.5, 0.6) is 0 Å². The van der Waals surface area contributed by atoms with Gasteiger partial charge in [-0.05, 0) is 31.9 Å². The molecule has 0 unspecified atom stereocenters. The average Bonchev–Trinajstić information content (AvgIpc) is 2.59. The van der Waals surface area contributed by atoms with Crippen molar-refractivity contribution < 1.29 is 0 Å². The van der Waals surface area contributed by atoms with Gasteiger partial charge in [0, 0.05) is 25.2 Å². The fourth-order valence-electron chi connectivity index (χ4n) is 2.04. The molecule has 0 N–H and O–H groups in total. The van der Waals surface area contributed by atoms with E-state index in [2.05, 4.69) is 36.7 Å². The molecule has 0 saturated heterocycles. The van der Waals surface area contributed by atoms with Crippen LogP contribution >= 0.6 is 0 Å². The van der Waals surface area contributed by atoms with Gasteiger partial charge < -0.3 is 4.90 Å². The molecule has 1 aliphatic heterocycles. The number of nitrogens with zero attached hydrogens (tertiary/aromatic N) is 2. The summed E-state index contributed by atoms with van der Waals surface area (Å²) in [6.07, 6.45) is 4.20. The fourth-order valence-corrected chi connectivity index (χ4v) is 2.04. The first-order chi connectivity index (χ1) is 6.72. The summed E-state index contributed by atoms with van der Waals surface area (Å²) in [5.41, 5.74) is 3.98. The second-order valence-corrected chi connectivity index (χ2v) is 4.20.